The van der Waals surface area contributed by atoms with Crippen LogP contribution in [0.25, 0.3) is 0 Å². The number of nitrogens with one attached hydrogen (secondary N) is 1. The van der Waals surface area contributed by atoms with Crippen LogP contribution in [0.2, 0.25) is 0 Å². The molecular formula is C31H42N4O4. The Balaban J connectivity index is 0.00000151. The summed E-state index contributed by atoms with van der Waals surface area (Å²) in [6.45, 7) is 18.9. The van der Waals surface area contributed by atoms with Crippen LogP contribution in [0.1, 0.15) is 80.0 Å². The third-order valence-corrected chi connectivity index (χ3v) is 8.98. The van der Waals surface area contributed by atoms with Gasteiger partial charge < -0.3 is 19.9 Å². The predicted molar refractivity (Wildman–Crippen MR) is 151 cm³/mol. The lowest BCUT2D eigenvalue weighted by Crippen LogP contribution is -2.55. The van der Waals surface area contributed by atoms with Gasteiger partial charge in [-0.2, -0.15) is 0 Å². The molecule has 210 valence electrons. The minimum absolute atomic E-state index is 0.336. The van der Waals surface area contributed by atoms with Gasteiger partial charge in [-0.1, -0.05) is 27.0 Å². The molecule has 0 bridgehead atoms. The number of amides is 3. The van der Waals surface area contributed by atoms with Crippen molar-refractivity contribution in [3.05, 3.63) is 53.9 Å². The molecule has 4 heterocycles. The third-order valence-electron chi connectivity index (χ3n) is 8.98. The summed E-state index contributed by atoms with van der Waals surface area (Å²) in [5, 5.41) is 2.68. The third kappa shape index (κ3) is 5.23. The van der Waals surface area contributed by atoms with Gasteiger partial charge in [-0.15, -0.1) is 0 Å². The van der Waals surface area contributed by atoms with E-state index in [9.17, 15) is 14.4 Å². The molecule has 1 aliphatic carbocycles. The zero-order chi connectivity index (χ0) is 27.9. The van der Waals surface area contributed by atoms with Crippen molar-refractivity contribution in [2.45, 2.75) is 71.4 Å². The molecule has 4 fully saturated rings. The molecule has 0 radical (unpaired) electrons. The highest BCUT2D eigenvalue weighted by Crippen LogP contribution is 2.50. The predicted octanol–water partition coefficient (Wildman–Crippen LogP) is 4.33. The smallest absolute Gasteiger partial charge is 0.262 e. The molecule has 39 heavy (non-hydrogen) atoms. The zero-order valence-corrected chi connectivity index (χ0v) is 23.6. The molecule has 1 aromatic rings. The van der Waals surface area contributed by atoms with Gasteiger partial charge in [0.2, 0.25) is 5.91 Å². The first-order chi connectivity index (χ1) is 18.7. The van der Waals surface area contributed by atoms with Gasteiger partial charge in [0, 0.05) is 36.9 Å². The van der Waals surface area contributed by atoms with Crippen LogP contribution in [-0.4, -0.2) is 72.4 Å². The van der Waals surface area contributed by atoms with Crippen molar-refractivity contribution in [2.24, 2.45) is 11.3 Å². The Kier molecular flexibility index (Phi) is 7.60. The van der Waals surface area contributed by atoms with Crippen LogP contribution in [0, 0.1) is 11.3 Å². The maximum Gasteiger partial charge on any atom is 0.262 e. The molecule has 4 aliphatic heterocycles. The number of likely N-dealkylation sites (tertiary alicyclic amines) is 1. The van der Waals surface area contributed by atoms with E-state index in [2.05, 4.69) is 28.3 Å². The van der Waals surface area contributed by atoms with E-state index in [1.807, 2.05) is 32.9 Å². The Bertz CT molecular complexity index is 1170. The molecule has 8 heteroatoms. The van der Waals surface area contributed by atoms with Gasteiger partial charge in [-0.05, 0) is 82.2 Å². The van der Waals surface area contributed by atoms with Crippen molar-refractivity contribution < 1.29 is 19.1 Å². The highest BCUT2D eigenvalue weighted by molar-refractivity contribution is 6.23. The number of anilines is 1. The lowest BCUT2D eigenvalue weighted by molar-refractivity contribution is -0.125. The van der Waals surface area contributed by atoms with Crippen LogP contribution in [0.3, 0.4) is 0 Å². The molecule has 1 spiro atoms. The summed E-state index contributed by atoms with van der Waals surface area (Å²) >= 11 is 0. The Morgan fingerprint density at radius 2 is 1.74 bits per heavy atom. The maximum atomic E-state index is 13.2. The van der Waals surface area contributed by atoms with Crippen molar-refractivity contribution in [1.29, 1.82) is 0 Å². The molecule has 1 N–H and O–H groups in total. The Morgan fingerprint density at radius 3 is 2.38 bits per heavy atom. The fraction of sp³-hybridized carbons (Fsp3) is 0.581. The van der Waals surface area contributed by atoms with Crippen LogP contribution in [0.15, 0.2) is 42.8 Å². The number of allylic oxidation sites excluding steroid dienone is 2. The van der Waals surface area contributed by atoms with Gasteiger partial charge in [0.25, 0.3) is 11.8 Å². The quantitative estimate of drug-likeness (QED) is 0.432. The summed E-state index contributed by atoms with van der Waals surface area (Å²) in [6, 6.07) is 4.72. The summed E-state index contributed by atoms with van der Waals surface area (Å²) in [5.41, 5.74) is 2.86. The number of carbonyl (C=O) groups is 3. The van der Waals surface area contributed by atoms with Gasteiger partial charge in [0.15, 0.2) is 0 Å². The van der Waals surface area contributed by atoms with E-state index >= 15 is 0 Å². The van der Waals surface area contributed by atoms with E-state index in [-0.39, 0.29) is 17.7 Å². The molecule has 1 aromatic carbocycles. The minimum atomic E-state index is -0.775. The monoisotopic (exact) mass is 534 g/mol. The summed E-state index contributed by atoms with van der Waals surface area (Å²) in [6.07, 6.45) is 6.19. The van der Waals surface area contributed by atoms with Crippen molar-refractivity contribution in [3.8, 4) is 0 Å². The first kappa shape index (κ1) is 27.4. The standard InChI is InChI=1S/C29H36N4O4.C2H6/c1-18(2)37-22-13-29(14-22)8-10-31(11-9-29)15-20-16-32(17-20)21-5-6-23-24(12-21)28(36)33(27(23)35)25-7-4-19(3)30-26(25)34;1-2/h5-6,12,20,22,25H,1,3-4,7-11,13-17H2,2H3,(H,30,34);1-2H3. The van der Waals surface area contributed by atoms with Gasteiger partial charge in [0.05, 0.1) is 23.0 Å². The van der Waals surface area contributed by atoms with Crippen molar-refractivity contribution >= 4 is 23.4 Å². The van der Waals surface area contributed by atoms with Gasteiger partial charge in [-0.3, -0.25) is 19.3 Å². The van der Waals surface area contributed by atoms with Crippen LogP contribution in [0.5, 0.6) is 0 Å². The van der Waals surface area contributed by atoms with Crippen molar-refractivity contribution in [3.63, 3.8) is 0 Å². The fourth-order valence-corrected chi connectivity index (χ4v) is 6.89. The molecule has 1 unspecified atom stereocenters. The average Bonchev–Trinajstić information content (AvgIpc) is 3.11. The summed E-state index contributed by atoms with van der Waals surface area (Å²) in [7, 11) is 0. The van der Waals surface area contributed by atoms with Gasteiger partial charge in [0.1, 0.15) is 6.04 Å². The molecular weight excluding hydrogens is 492 g/mol. The number of ether oxygens (including phenoxy) is 1. The first-order valence-electron chi connectivity index (χ1n) is 14.5. The first-order valence-corrected chi connectivity index (χ1v) is 14.5. The Morgan fingerprint density at radius 1 is 1.08 bits per heavy atom. The summed E-state index contributed by atoms with van der Waals surface area (Å²) in [5.74, 6) is 0.341. The molecule has 1 atom stereocenters. The van der Waals surface area contributed by atoms with Gasteiger partial charge >= 0.3 is 0 Å². The Labute approximate surface area is 232 Å². The Hall–Kier alpha value is -3.13. The molecule has 0 aromatic heterocycles. The van der Waals surface area contributed by atoms with E-state index in [1.165, 1.54) is 25.7 Å². The summed E-state index contributed by atoms with van der Waals surface area (Å²) in [4.78, 5) is 44.6. The molecule has 1 saturated carbocycles. The van der Waals surface area contributed by atoms with Crippen LogP contribution in [0.4, 0.5) is 5.69 Å². The number of nitrogens with zero attached hydrogens (tertiary/aromatic N) is 3. The van der Waals surface area contributed by atoms with E-state index in [0.717, 1.165) is 49.1 Å². The van der Waals surface area contributed by atoms with Crippen LogP contribution in [-0.2, 0) is 9.53 Å². The molecule has 5 aliphatic rings. The number of hydrogen-bond donors (Lipinski definition) is 1. The highest BCUT2D eigenvalue weighted by atomic mass is 16.5. The normalized spacial score (nSPS) is 24.9. The molecule has 3 saturated heterocycles. The number of hydrogen-bond acceptors (Lipinski definition) is 6. The fourth-order valence-electron chi connectivity index (χ4n) is 6.89. The second kappa shape index (κ2) is 10.8. The average molecular weight is 535 g/mol. The SMILES string of the molecule is C=C1CCC(N2C(=O)c3ccc(N4CC(CN5CCC6(CC5)CC(OC(=C)C)C6)C4)cc3C2=O)C(=O)N1.CC. The highest BCUT2D eigenvalue weighted by Gasteiger charge is 2.48. The van der Waals surface area contributed by atoms with E-state index in [1.54, 1.807) is 6.07 Å². The molecule has 6 rings (SSSR count). The second-order valence-corrected chi connectivity index (χ2v) is 11.8. The molecule has 3 amide bonds. The number of piperidine rings is 2. The van der Waals surface area contributed by atoms with E-state index in [4.69, 9.17) is 4.74 Å². The molecule has 8 nitrogen and oxygen atoms in total. The number of rotatable bonds is 6. The summed E-state index contributed by atoms with van der Waals surface area (Å²) < 4.78 is 5.79. The number of carbonyl (C=O) groups excluding carboxylic acids is 3. The lowest BCUT2D eigenvalue weighted by atomic mass is 9.61. The van der Waals surface area contributed by atoms with Crippen LogP contribution < -0.4 is 10.2 Å². The maximum absolute atomic E-state index is 13.2. The topological polar surface area (TPSA) is 82.2 Å². The second-order valence-electron chi connectivity index (χ2n) is 11.8. The largest absolute Gasteiger partial charge is 0.496 e. The van der Waals surface area contributed by atoms with Crippen molar-refractivity contribution in [1.82, 2.24) is 15.1 Å². The lowest BCUT2D eigenvalue weighted by Gasteiger charge is -2.53. The van der Waals surface area contributed by atoms with Crippen molar-refractivity contribution in [2.75, 3.05) is 37.6 Å². The van der Waals surface area contributed by atoms with E-state index in [0.29, 0.717) is 47.1 Å². The zero-order valence-electron chi connectivity index (χ0n) is 23.6. The number of fused-ring (bicyclic) bond motifs is 1. The van der Waals surface area contributed by atoms with Gasteiger partial charge in [-0.25, -0.2) is 0 Å². The minimum Gasteiger partial charge on any atom is -0.496 e. The van der Waals surface area contributed by atoms with E-state index < -0.39 is 6.04 Å². The number of imide groups is 1. The number of benzene rings is 1. The van der Waals surface area contributed by atoms with Crippen LogP contribution >= 0.6 is 0 Å².